The van der Waals surface area contributed by atoms with Crippen LogP contribution in [-0.2, 0) is 0 Å². The summed E-state index contributed by atoms with van der Waals surface area (Å²) in [5.41, 5.74) is 0. The number of rotatable bonds is 4. The highest BCUT2D eigenvalue weighted by molar-refractivity contribution is 7.17. The SMILES string of the molecule is CCN(c1nc(Cl)c(C=O)s1)C(C)C. The van der Waals surface area contributed by atoms with Gasteiger partial charge in [0.15, 0.2) is 16.6 Å². The third-order valence-corrected chi connectivity index (χ3v) is 3.33. The molecule has 0 aliphatic heterocycles. The maximum atomic E-state index is 10.6. The van der Waals surface area contributed by atoms with Crippen molar-refractivity contribution in [1.82, 2.24) is 4.98 Å². The maximum absolute atomic E-state index is 10.6. The van der Waals surface area contributed by atoms with Gasteiger partial charge >= 0.3 is 0 Å². The highest BCUT2D eigenvalue weighted by atomic mass is 35.5. The first-order valence-electron chi connectivity index (χ1n) is 4.48. The van der Waals surface area contributed by atoms with Gasteiger partial charge < -0.3 is 4.90 Å². The molecule has 0 aliphatic carbocycles. The molecule has 0 aliphatic rings. The summed E-state index contributed by atoms with van der Waals surface area (Å²) < 4.78 is 0. The molecule has 1 rings (SSSR count). The second-order valence-electron chi connectivity index (χ2n) is 3.15. The van der Waals surface area contributed by atoms with E-state index in [0.29, 0.717) is 16.1 Å². The Kier molecular flexibility index (Phi) is 3.89. The summed E-state index contributed by atoms with van der Waals surface area (Å²) in [6.45, 7) is 7.08. The summed E-state index contributed by atoms with van der Waals surface area (Å²) in [7, 11) is 0. The lowest BCUT2D eigenvalue weighted by Gasteiger charge is -2.23. The molecular formula is C9H13ClN2OS. The molecule has 1 aromatic rings. The molecular weight excluding hydrogens is 220 g/mol. The number of carbonyl (C=O) groups is 1. The summed E-state index contributed by atoms with van der Waals surface area (Å²) in [5, 5.41) is 1.12. The van der Waals surface area contributed by atoms with Crippen molar-refractivity contribution >= 4 is 34.4 Å². The Morgan fingerprint density at radius 3 is 2.64 bits per heavy atom. The van der Waals surface area contributed by atoms with Crippen molar-refractivity contribution in [3.63, 3.8) is 0 Å². The topological polar surface area (TPSA) is 33.2 Å². The fraction of sp³-hybridized carbons (Fsp3) is 0.556. The average Bonchev–Trinajstić information content (AvgIpc) is 2.47. The molecule has 0 fully saturated rings. The fourth-order valence-electron chi connectivity index (χ4n) is 1.22. The predicted octanol–water partition coefficient (Wildman–Crippen LogP) is 2.84. The van der Waals surface area contributed by atoms with E-state index in [4.69, 9.17) is 11.6 Å². The maximum Gasteiger partial charge on any atom is 0.187 e. The van der Waals surface area contributed by atoms with Gasteiger partial charge in [-0.15, -0.1) is 0 Å². The van der Waals surface area contributed by atoms with Crippen molar-refractivity contribution in [2.75, 3.05) is 11.4 Å². The van der Waals surface area contributed by atoms with E-state index in [2.05, 4.69) is 30.7 Å². The molecule has 0 atom stereocenters. The van der Waals surface area contributed by atoms with E-state index >= 15 is 0 Å². The largest absolute Gasteiger partial charge is 0.346 e. The second-order valence-corrected chi connectivity index (χ2v) is 4.52. The first kappa shape index (κ1) is 11.5. The Labute approximate surface area is 92.7 Å². The van der Waals surface area contributed by atoms with E-state index in [1.165, 1.54) is 11.3 Å². The van der Waals surface area contributed by atoms with Crippen LogP contribution in [0.5, 0.6) is 0 Å². The van der Waals surface area contributed by atoms with Crippen LogP contribution in [0.3, 0.4) is 0 Å². The summed E-state index contributed by atoms with van der Waals surface area (Å²) in [6, 6.07) is 0.363. The number of thiazole rings is 1. The molecule has 0 saturated carbocycles. The smallest absolute Gasteiger partial charge is 0.187 e. The van der Waals surface area contributed by atoms with Crippen LogP contribution < -0.4 is 4.90 Å². The van der Waals surface area contributed by atoms with E-state index < -0.39 is 0 Å². The quantitative estimate of drug-likeness (QED) is 0.749. The van der Waals surface area contributed by atoms with Crippen molar-refractivity contribution in [3.05, 3.63) is 10.0 Å². The van der Waals surface area contributed by atoms with Crippen molar-refractivity contribution in [2.24, 2.45) is 0 Å². The van der Waals surface area contributed by atoms with E-state index in [9.17, 15) is 4.79 Å². The predicted molar refractivity (Wildman–Crippen MR) is 60.7 cm³/mol. The van der Waals surface area contributed by atoms with Crippen LogP contribution in [0.25, 0.3) is 0 Å². The number of aromatic nitrogens is 1. The molecule has 0 unspecified atom stereocenters. The number of aldehydes is 1. The number of carbonyl (C=O) groups excluding carboxylic acids is 1. The van der Waals surface area contributed by atoms with Gasteiger partial charge in [-0.05, 0) is 20.8 Å². The molecule has 1 heterocycles. The van der Waals surface area contributed by atoms with Gasteiger partial charge in [0.25, 0.3) is 0 Å². The van der Waals surface area contributed by atoms with Crippen LogP contribution in [0.1, 0.15) is 30.4 Å². The highest BCUT2D eigenvalue weighted by Gasteiger charge is 2.15. The normalized spacial score (nSPS) is 10.6. The Bertz CT molecular complexity index is 325. The minimum Gasteiger partial charge on any atom is -0.346 e. The van der Waals surface area contributed by atoms with Crippen molar-refractivity contribution in [1.29, 1.82) is 0 Å². The van der Waals surface area contributed by atoms with E-state index in [-0.39, 0.29) is 0 Å². The van der Waals surface area contributed by atoms with Crippen LogP contribution in [0.4, 0.5) is 5.13 Å². The summed E-state index contributed by atoms with van der Waals surface area (Å²) in [6.07, 6.45) is 0.748. The van der Waals surface area contributed by atoms with Gasteiger partial charge in [0.1, 0.15) is 4.88 Å². The molecule has 0 N–H and O–H groups in total. The Morgan fingerprint density at radius 1 is 1.64 bits per heavy atom. The molecule has 14 heavy (non-hydrogen) atoms. The summed E-state index contributed by atoms with van der Waals surface area (Å²) >= 11 is 7.13. The first-order valence-corrected chi connectivity index (χ1v) is 5.67. The average molecular weight is 233 g/mol. The van der Waals surface area contributed by atoms with Crippen molar-refractivity contribution in [2.45, 2.75) is 26.8 Å². The number of nitrogens with zero attached hydrogens (tertiary/aromatic N) is 2. The molecule has 0 radical (unpaired) electrons. The highest BCUT2D eigenvalue weighted by Crippen LogP contribution is 2.29. The number of hydrogen-bond donors (Lipinski definition) is 0. The number of anilines is 1. The molecule has 0 spiro atoms. The van der Waals surface area contributed by atoms with Crippen LogP contribution in [0.2, 0.25) is 5.15 Å². The third-order valence-electron chi connectivity index (χ3n) is 1.92. The van der Waals surface area contributed by atoms with Gasteiger partial charge in [-0.1, -0.05) is 22.9 Å². The number of hydrogen-bond acceptors (Lipinski definition) is 4. The van der Waals surface area contributed by atoms with Gasteiger partial charge in [-0.2, -0.15) is 0 Å². The van der Waals surface area contributed by atoms with Gasteiger partial charge in [0, 0.05) is 12.6 Å². The van der Waals surface area contributed by atoms with Crippen molar-refractivity contribution < 1.29 is 4.79 Å². The fourth-order valence-corrected chi connectivity index (χ4v) is 2.48. The van der Waals surface area contributed by atoms with Crippen LogP contribution in [0, 0.1) is 0 Å². The zero-order valence-corrected chi connectivity index (χ0v) is 10.0. The Hall–Kier alpha value is -0.610. The third kappa shape index (κ3) is 2.25. The lowest BCUT2D eigenvalue weighted by atomic mass is 10.3. The lowest BCUT2D eigenvalue weighted by molar-refractivity contribution is 0.112. The van der Waals surface area contributed by atoms with Crippen LogP contribution in [0.15, 0.2) is 0 Å². The molecule has 3 nitrogen and oxygen atoms in total. The lowest BCUT2D eigenvalue weighted by Crippen LogP contribution is -2.30. The minimum atomic E-state index is 0.305. The molecule has 5 heteroatoms. The van der Waals surface area contributed by atoms with Gasteiger partial charge in [-0.25, -0.2) is 4.98 Å². The van der Waals surface area contributed by atoms with Crippen LogP contribution >= 0.6 is 22.9 Å². The molecule has 78 valence electrons. The van der Waals surface area contributed by atoms with E-state index in [0.717, 1.165) is 18.0 Å². The van der Waals surface area contributed by atoms with Crippen molar-refractivity contribution in [3.8, 4) is 0 Å². The molecule has 0 aromatic carbocycles. The molecule has 0 saturated heterocycles. The Morgan fingerprint density at radius 2 is 2.29 bits per heavy atom. The Balaban J connectivity index is 2.99. The summed E-state index contributed by atoms with van der Waals surface area (Å²) in [4.78, 5) is 17.3. The second kappa shape index (κ2) is 4.75. The monoisotopic (exact) mass is 232 g/mol. The molecule has 0 bridgehead atoms. The summed E-state index contributed by atoms with van der Waals surface area (Å²) in [5.74, 6) is 0. The number of halogens is 1. The van der Waals surface area contributed by atoms with E-state index in [1.807, 2.05) is 0 Å². The molecule has 1 aromatic heterocycles. The van der Waals surface area contributed by atoms with Gasteiger partial charge in [0.05, 0.1) is 0 Å². The zero-order valence-electron chi connectivity index (χ0n) is 8.45. The minimum absolute atomic E-state index is 0.305. The van der Waals surface area contributed by atoms with E-state index in [1.54, 1.807) is 0 Å². The van der Waals surface area contributed by atoms with Crippen LogP contribution in [-0.4, -0.2) is 23.9 Å². The van der Waals surface area contributed by atoms with Gasteiger partial charge in [-0.3, -0.25) is 4.79 Å². The molecule has 0 amide bonds. The standard InChI is InChI=1S/C9H13ClN2OS/c1-4-12(6(2)3)9-11-8(10)7(5-13)14-9/h5-6H,4H2,1-3H3. The zero-order chi connectivity index (χ0) is 10.7. The van der Waals surface area contributed by atoms with Gasteiger partial charge in [0.2, 0.25) is 0 Å². The first-order chi connectivity index (χ1) is 6.60.